The van der Waals surface area contributed by atoms with Crippen LogP contribution in [0.25, 0.3) is 10.2 Å². The predicted molar refractivity (Wildman–Crippen MR) is 105 cm³/mol. The van der Waals surface area contributed by atoms with Crippen LogP contribution >= 0.6 is 22.9 Å². The number of nitrogens with one attached hydrogen (secondary N) is 1. The van der Waals surface area contributed by atoms with Gasteiger partial charge in [-0.3, -0.25) is 4.79 Å². The lowest BCUT2D eigenvalue weighted by atomic mass is 10.1. The summed E-state index contributed by atoms with van der Waals surface area (Å²) in [6, 6.07) is 8.50. The number of benzene rings is 1. The van der Waals surface area contributed by atoms with Crippen LogP contribution in [0.1, 0.15) is 35.4 Å². The van der Waals surface area contributed by atoms with Crippen molar-refractivity contribution in [3.8, 4) is 0 Å². The number of thiophene rings is 1. The molecule has 0 spiro atoms. The fourth-order valence-corrected chi connectivity index (χ4v) is 4.06. The number of hydrogen-bond donors (Lipinski definition) is 1. The second-order valence-corrected chi connectivity index (χ2v) is 7.28. The first kappa shape index (κ1) is 18.5. The first-order valence-corrected chi connectivity index (χ1v) is 9.45. The van der Waals surface area contributed by atoms with Crippen molar-refractivity contribution in [1.29, 1.82) is 0 Å². The third kappa shape index (κ3) is 3.34. The topological polar surface area (TPSA) is 60.3 Å². The van der Waals surface area contributed by atoms with E-state index in [1.54, 1.807) is 22.8 Å². The fraction of sp³-hybridized carbons (Fsp3) is 0.263. The van der Waals surface area contributed by atoms with E-state index in [4.69, 9.17) is 16.3 Å². The van der Waals surface area contributed by atoms with Crippen molar-refractivity contribution in [3.63, 3.8) is 0 Å². The standard InChI is InChI=1S/C19H19ClN2O3S/c1-4-15(17(23)21-14-10-13(20)6-5-11(14)2)22-16(19(24)25-3)9-12-7-8-26-18(12)22/h5-10,15H,4H2,1-3H3,(H,21,23). The molecule has 3 aromatic rings. The minimum absolute atomic E-state index is 0.200. The van der Waals surface area contributed by atoms with Crippen LogP contribution in [0.15, 0.2) is 35.7 Å². The van der Waals surface area contributed by atoms with Gasteiger partial charge in [-0.25, -0.2) is 4.79 Å². The molecule has 0 aliphatic carbocycles. The van der Waals surface area contributed by atoms with Gasteiger partial charge in [0.05, 0.1) is 7.11 Å². The molecule has 5 nitrogen and oxygen atoms in total. The second-order valence-electron chi connectivity index (χ2n) is 5.94. The van der Waals surface area contributed by atoms with E-state index in [-0.39, 0.29) is 5.91 Å². The van der Waals surface area contributed by atoms with Gasteiger partial charge in [-0.1, -0.05) is 24.6 Å². The Morgan fingerprint density at radius 3 is 2.77 bits per heavy atom. The summed E-state index contributed by atoms with van der Waals surface area (Å²) < 4.78 is 6.66. The first-order chi connectivity index (χ1) is 12.5. The van der Waals surface area contributed by atoms with Crippen LogP contribution in [0, 0.1) is 6.92 Å². The number of aryl methyl sites for hydroxylation is 1. The molecule has 1 amide bonds. The Morgan fingerprint density at radius 2 is 2.08 bits per heavy atom. The summed E-state index contributed by atoms with van der Waals surface area (Å²) in [5, 5.41) is 6.35. The van der Waals surface area contributed by atoms with Crippen molar-refractivity contribution in [1.82, 2.24) is 4.57 Å². The molecule has 1 atom stereocenters. The average molecular weight is 391 g/mol. The normalized spacial score (nSPS) is 12.2. The van der Waals surface area contributed by atoms with Crippen molar-refractivity contribution in [3.05, 3.63) is 52.0 Å². The lowest BCUT2D eigenvalue weighted by molar-refractivity contribution is -0.119. The van der Waals surface area contributed by atoms with Gasteiger partial charge in [0.2, 0.25) is 5.91 Å². The molecular formula is C19H19ClN2O3S. The van der Waals surface area contributed by atoms with E-state index in [0.29, 0.717) is 22.8 Å². The third-order valence-corrected chi connectivity index (χ3v) is 5.46. The van der Waals surface area contributed by atoms with E-state index in [1.165, 1.54) is 18.4 Å². The van der Waals surface area contributed by atoms with Crippen LogP contribution in [-0.4, -0.2) is 23.6 Å². The Labute approximate surface area is 160 Å². The summed E-state index contributed by atoms with van der Waals surface area (Å²) in [5.74, 6) is -0.660. The minimum Gasteiger partial charge on any atom is -0.464 e. The highest BCUT2D eigenvalue weighted by atomic mass is 35.5. The lowest BCUT2D eigenvalue weighted by Gasteiger charge is -2.20. The first-order valence-electron chi connectivity index (χ1n) is 8.20. The maximum Gasteiger partial charge on any atom is 0.354 e. The number of amides is 1. The summed E-state index contributed by atoms with van der Waals surface area (Å²) in [5.41, 5.74) is 1.95. The van der Waals surface area contributed by atoms with Gasteiger partial charge in [0.1, 0.15) is 16.6 Å². The zero-order valence-electron chi connectivity index (χ0n) is 14.7. The number of esters is 1. The molecule has 1 aromatic carbocycles. The number of carbonyl (C=O) groups is 2. The molecule has 0 bridgehead atoms. The summed E-state index contributed by atoms with van der Waals surface area (Å²) in [4.78, 5) is 26.1. The minimum atomic E-state index is -0.543. The zero-order valence-corrected chi connectivity index (χ0v) is 16.3. The molecule has 7 heteroatoms. The summed E-state index contributed by atoms with van der Waals surface area (Å²) in [6.07, 6.45) is 0.525. The predicted octanol–water partition coefficient (Wildman–Crippen LogP) is 5.04. The van der Waals surface area contributed by atoms with E-state index in [9.17, 15) is 9.59 Å². The highest BCUT2D eigenvalue weighted by Crippen LogP contribution is 2.31. The zero-order chi connectivity index (χ0) is 18.8. The van der Waals surface area contributed by atoms with Crippen LogP contribution in [0.3, 0.4) is 0 Å². The molecule has 2 aromatic heterocycles. The van der Waals surface area contributed by atoms with Crippen LogP contribution < -0.4 is 5.32 Å². The van der Waals surface area contributed by atoms with E-state index >= 15 is 0 Å². The Bertz CT molecular complexity index is 976. The number of anilines is 1. The summed E-state index contributed by atoms with van der Waals surface area (Å²) in [7, 11) is 1.34. The Kier molecular flexibility index (Phi) is 5.34. The van der Waals surface area contributed by atoms with Crippen LogP contribution in [0.5, 0.6) is 0 Å². The van der Waals surface area contributed by atoms with Gasteiger partial charge in [0.25, 0.3) is 0 Å². The number of halogens is 1. The number of carbonyl (C=O) groups excluding carboxylic acids is 2. The van der Waals surface area contributed by atoms with Gasteiger partial charge in [0, 0.05) is 16.1 Å². The number of fused-ring (bicyclic) bond motifs is 1. The Morgan fingerprint density at radius 1 is 1.31 bits per heavy atom. The van der Waals surface area contributed by atoms with Crippen molar-refractivity contribution in [2.24, 2.45) is 0 Å². The van der Waals surface area contributed by atoms with Gasteiger partial charge in [-0.05, 0) is 48.6 Å². The van der Waals surface area contributed by atoms with E-state index in [0.717, 1.165) is 15.8 Å². The molecule has 0 radical (unpaired) electrons. The molecule has 0 fully saturated rings. The number of hydrogen-bond acceptors (Lipinski definition) is 4. The van der Waals surface area contributed by atoms with Gasteiger partial charge in [0.15, 0.2) is 0 Å². The molecule has 0 saturated heterocycles. The van der Waals surface area contributed by atoms with E-state index in [2.05, 4.69) is 5.32 Å². The molecule has 136 valence electrons. The Balaban J connectivity index is 2.02. The highest BCUT2D eigenvalue weighted by Gasteiger charge is 2.27. The van der Waals surface area contributed by atoms with Gasteiger partial charge < -0.3 is 14.6 Å². The SMILES string of the molecule is CCC(C(=O)Nc1cc(Cl)ccc1C)n1c(C(=O)OC)cc2ccsc21. The smallest absolute Gasteiger partial charge is 0.354 e. The van der Waals surface area contributed by atoms with Crippen LogP contribution in [-0.2, 0) is 9.53 Å². The molecule has 2 heterocycles. The molecule has 1 N–H and O–H groups in total. The number of methoxy groups -OCH3 is 1. The van der Waals surface area contributed by atoms with Gasteiger partial charge in [-0.15, -0.1) is 11.3 Å². The fourth-order valence-electron chi connectivity index (χ4n) is 2.94. The van der Waals surface area contributed by atoms with Crippen molar-refractivity contribution in [2.45, 2.75) is 26.3 Å². The van der Waals surface area contributed by atoms with Crippen molar-refractivity contribution < 1.29 is 14.3 Å². The van der Waals surface area contributed by atoms with Crippen LogP contribution in [0.4, 0.5) is 5.69 Å². The van der Waals surface area contributed by atoms with Crippen molar-refractivity contribution in [2.75, 3.05) is 12.4 Å². The Hall–Kier alpha value is -2.31. The largest absolute Gasteiger partial charge is 0.464 e. The van der Waals surface area contributed by atoms with Gasteiger partial charge >= 0.3 is 5.97 Å². The maximum atomic E-state index is 13.0. The number of ether oxygens (including phenoxy) is 1. The summed E-state index contributed by atoms with van der Waals surface area (Å²) >= 11 is 7.54. The van der Waals surface area contributed by atoms with Gasteiger partial charge in [-0.2, -0.15) is 0 Å². The maximum absolute atomic E-state index is 13.0. The van der Waals surface area contributed by atoms with E-state index in [1.807, 2.05) is 31.4 Å². The lowest BCUT2D eigenvalue weighted by Crippen LogP contribution is -2.28. The molecule has 26 heavy (non-hydrogen) atoms. The summed E-state index contributed by atoms with van der Waals surface area (Å²) in [6.45, 7) is 3.81. The number of nitrogens with zero attached hydrogens (tertiary/aromatic N) is 1. The number of rotatable bonds is 5. The van der Waals surface area contributed by atoms with E-state index < -0.39 is 12.0 Å². The molecule has 1 unspecified atom stereocenters. The molecule has 0 aliphatic rings. The number of aromatic nitrogens is 1. The molecule has 0 aliphatic heterocycles. The van der Waals surface area contributed by atoms with Crippen LogP contribution in [0.2, 0.25) is 5.02 Å². The molecular weight excluding hydrogens is 372 g/mol. The quantitative estimate of drug-likeness (QED) is 0.621. The second kappa shape index (κ2) is 7.51. The molecule has 3 rings (SSSR count). The third-order valence-electron chi connectivity index (χ3n) is 4.30. The highest BCUT2D eigenvalue weighted by molar-refractivity contribution is 7.16. The molecule has 0 saturated carbocycles. The average Bonchev–Trinajstić information content (AvgIpc) is 3.20. The monoisotopic (exact) mass is 390 g/mol. The van der Waals surface area contributed by atoms with Crippen molar-refractivity contribution >= 4 is 50.7 Å².